The molecule has 0 radical (unpaired) electrons. The summed E-state index contributed by atoms with van der Waals surface area (Å²) in [5, 5.41) is 0.755. The van der Waals surface area contributed by atoms with Crippen LogP contribution in [0.25, 0.3) is 0 Å². The van der Waals surface area contributed by atoms with Gasteiger partial charge in [-0.2, -0.15) is 13.2 Å². The molecule has 18 heavy (non-hydrogen) atoms. The van der Waals surface area contributed by atoms with Crippen LogP contribution in [-0.4, -0.2) is 34.7 Å². The molecule has 0 N–H and O–H groups in total. The molecule has 0 atom stereocenters. The molecule has 0 bridgehead atoms. The molecule has 0 fully saturated rings. The minimum Gasteiger partial charge on any atom is -0.340 e. The fourth-order valence-corrected chi connectivity index (χ4v) is 1.53. The number of hydrogen-bond acceptors (Lipinski definition) is 2. The zero-order valence-corrected chi connectivity index (χ0v) is 11.3. The molecule has 7 heteroatoms. The average Bonchev–Trinajstić information content (AvgIpc) is 2.34. The minimum atomic E-state index is -4.43. The van der Waals surface area contributed by atoms with E-state index in [0.29, 0.717) is 12.7 Å². The number of rotatable bonds is 4. The summed E-state index contributed by atoms with van der Waals surface area (Å²) in [5.41, 5.74) is -0.845. The molecule has 1 aromatic heterocycles. The Labute approximate surface area is 111 Å². The van der Waals surface area contributed by atoms with Gasteiger partial charge < -0.3 is 4.90 Å². The number of amides is 1. The van der Waals surface area contributed by atoms with Crippen molar-refractivity contribution in [1.29, 1.82) is 0 Å². The van der Waals surface area contributed by atoms with Crippen LogP contribution in [0.1, 0.15) is 22.5 Å². The van der Waals surface area contributed by atoms with Crippen molar-refractivity contribution in [2.24, 2.45) is 0 Å². The predicted octanol–water partition coefficient (Wildman–Crippen LogP) is 2.96. The van der Waals surface area contributed by atoms with E-state index in [1.54, 1.807) is 7.05 Å². The lowest BCUT2D eigenvalue weighted by Gasteiger charge is -2.16. The van der Waals surface area contributed by atoms with Crippen LogP contribution in [0.5, 0.6) is 0 Å². The molecule has 0 saturated heterocycles. The number of nitrogens with zero attached hydrogens (tertiary/aromatic N) is 2. The molecule has 0 spiro atoms. The number of alkyl halides is 4. The first kappa shape index (κ1) is 14.9. The van der Waals surface area contributed by atoms with Gasteiger partial charge in [0.25, 0.3) is 5.91 Å². The van der Waals surface area contributed by atoms with Gasteiger partial charge in [0, 0.05) is 25.1 Å². The summed E-state index contributed by atoms with van der Waals surface area (Å²) in [4.78, 5) is 16.8. The van der Waals surface area contributed by atoms with Gasteiger partial charge in [-0.05, 0) is 18.6 Å². The van der Waals surface area contributed by atoms with Crippen molar-refractivity contribution < 1.29 is 18.0 Å². The predicted molar refractivity (Wildman–Crippen MR) is 64.6 cm³/mol. The molecule has 0 aromatic carbocycles. The normalized spacial score (nSPS) is 11.4. The molecule has 0 unspecified atom stereocenters. The van der Waals surface area contributed by atoms with E-state index in [1.165, 1.54) is 4.90 Å². The highest BCUT2D eigenvalue weighted by Crippen LogP contribution is 2.28. The Morgan fingerprint density at radius 2 is 2.11 bits per heavy atom. The van der Waals surface area contributed by atoms with Crippen LogP contribution in [-0.2, 0) is 6.18 Å². The van der Waals surface area contributed by atoms with Gasteiger partial charge in [0.05, 0.1) is 5.56 Å². The zero-order valence-electron chi connectivity index (χ0n) is 9.67. The van der Waals surface area contributed by atoms with Gasteiger partial charge in [0.1, 0.15) is 5.69 Å². The summed E-state index contributed by atoms with van der Waals surface area (Å²) in [7, 11) is 1.59. The standard InChI is InChI=1S/C11H12BrF3N2O/c1-17(6-2-5-12)10(18)9-4-3-8(7-16-9)11(13,14)15/h3-4,7H,2,5-6H2,1H3. The van der Waals surface area contributed by atoms with Crippen LogP contribution < -0.4 is 0 Å². The highest BCUT2D eigenvalue weighted by atomic mass is 79.9. The first-order chi connectivity index (χ1) is 8.36. The molecule has 0 aliphatic rings. The van der Waals surface area contributed by atoms with E-state index in [-0.39, 0.29) is 11.6 Å². The Kier molecular flexibility index (Phi) is 5.13. The molecule has 100 valence electrons. The summed E-state index contributed by atoms with van der Waals surface area (Å²) < 4.78 is 36.9. The van der Waals surface area contributed by atoms with E-state index in [9.17, 15) is 18.0 Å². The average molecular weight is 325 g/mol. The Morgan fingerprint density at radius 1 is 1.44 bits per heavy atom. The van der Waals surface area contributed by atoms with E-state index in [4.69, 9.17) is 0 Å². The Balaban J connectivity index is 2.76. The van der Waals surface area contributed by atoms with Crippen molar-refractivity contribution >= 4 is 21.8 Å². The third-order valence-corrected chi connectivity index (χ3v) is 2.84. The molecular weight excluding hydrogens is 313 g/mol. The van der Waals surface area contributed by atoms with Gasteiger partial charge in [-0.15, -0.1) is 0 Å². The molecule has 1 aromatic rings. The number of carbonyl (C=O) groups is 1. The SMILES string of the molecule is CN(CCCBr)C(=O)c1ccc(C(F)(F)F)cn1. The third kappa shape index (κ3) is 3.97. The lowest BCUT2D eigenvalue weighted by molar-refractivity contribution is -0.137. The number of aromatic nitrogens is 1. The highest BCUT2D eigenvalue weighted by Gasteiger charge is 2.31. The van der Waals surface area contributed by atoms with Gasteiger partial charge in [0.15, 0.2) is 0 Å². The van der Waals surface area contributed by atoms with Crippen molar-refractivity contribution in [3.05, 3.63) is 29.6 Å². The van der Waals surface area contributed by atoms with Crippen molar-refractivity contribution in [3.8, 4) is 0 Å². The monoisotopic (exact) mass is 324 g/mol. The molecule has 1 rings (SSSR count). The summed E-state index contributed by atoms with van der Waals surface area (Å²) in [6.45, 7) is 0.521. The number of halogens is 4. The first-order valence-corrected chi connectivity index (χ1v) is 6.33. The fourth-order valence-electron chi connectivity index (χ4n) is 1.28. The Hall–Kier alpha value is -1.11. The van der Waals surface area contributed by atoms with Crippen LogP contribution in [0.2, 0.25) is 0 Å². The Morgan fingerprint density at radius 3 is 2.56 bits per heavy atom. The molecular formula is C11H12BrF3N2O. The van der Waals surface area contributed by atoms with Crippen molar-refractivity contribution in [2.45, 2.75) is 12.6 Å². The second-order valence-corrected chi connectivity index (χ2v) is 4.49. The number of hydrogen-bond donors (Lipinski definition) is 0. The molecule has 0 aliphatic carbocycles. The summed E-state index contributed by atoms with van der Waals surface area (Å²) in [5.74, 6) is -0.385. The van der Waals surface area contributed by atoms with Crippen molar-refractivity contribution in [1.82, 2.24) is 9.88 Å². The Bertz CT molecular complexity index is 406. The van der Waals surface area contributed by atoms with E-state index in [2.05, 4.69) is 20.9 Å². The maximum atomic E-state index is 12.3. The second kappa shape index (κ2) is 6.17. The fraction of sp³-hybridized carbons (Fsp3) is 0.455. The lowest BCUT2D eigenvalue weighted by Crippen LogP contribution is -2.28. The van der Waals surface area contributed by atoms with Crippen molar-refractivity contribution in [2.75, 3.05) is 18.9 Å². The van der Waals surface area contributed by atoms with E-state index < -0.39 is 11.7 Å². The molecule has 3 nitrogen and oxygen atoms in total. The van der Waals surface area contributed by atoms with E-state index >= 15 is 0 Å². The van der Waals surface area contributed by atoms with Crippen LogP contribution in [0.3, 0.4) is 0 Å². The lowest BCUT2D eigenvalue weighted by atomic mass is 10.2. The summed E-state index contributed by atoms with van der Waals surface area (Å²) in [6.07, 6.45) is -3.00. The molecule has 1 amide bonds. The zero-order chi connectivity index (χ0) is 13.8. The van der Waals surface area contributed by atoms with Crippen LogP contribution in [0.4, 0.5) is 13.2 Å². The van der Waals surface area contributed by atoms with Gasteiger partial charge in [-0.1, -0.05) is 15.9 Å². The van der Waals surface area contributed by atoms with Crippen LogP contribution in [0.15, 0.2) is 18.3 Å². The van der Waals surface area contributed by atoms with E-state index in [0.717, 1.165) is 23.9 Å². The molecule has 0 saturated carbocycles. The number of carbonyl (C=O) groups excluding carboxylic acids is 1. The minimum absolute atomic E-state index is 0.0140. The van der Waals surface area contributed by atoms with Crippen LogP contribution >= 0.6 is 15.9 Å². The quantitative estimate of drug-likeness (QED) is 0.798. The molecule has 1 heterocycles. The maximum Gasteiger partial charge on any atom is 0.417 e. The van der Waals surface area contributed by atoms with Gasteiger partial charge in [-0.3, -0.25) is 9.78 Å². The van der Waals surface area contributed by atoms with Crippen LogP contribution in [0, 0.1) is 0 Å². The number of pyridine rings is 1. The third-order valence-electron chi connectivity index (χ3n) is 2.28. The van der Waals surface area contributed by atoms with E-state index in [1.807, 2.05) is 0 Å². The van der Waals surface area contributed by atoms with Gasteiger partial charge in [-0.25, -0.2) is 0 Å². The molecule has 0 aliphatic heterocycles. The largest absolute Gasteiger partial charge is 0.417 e. The summed E-state index contributed by atoms with van der Waals surface area (Å²) in [6, 6.07) is 1.95. The van der Waals surface area contributed by atoms with Gasteiger partial charge >= 0.3 is 6.18 Å². The maximum absolute atomic E-state index is 12.3. The highest BCUT2D eigenvalue weighted by molar-refractivity contribution is 9.09. The smallest absolute Gasteiger partial charge is 0.340 e. The van der Waals surface area contributed by atoms with Gasteiger partial charge in [0.2, 0.25) is 0 Å². The summed E-state index contributed by atoms with van der Waals surface area (Å²) >= 11 is 3.24. The topological polar surface area (TPSA) is 33.2 Å². The van der Waals surface area contributed by atoms with Crippen molar-refractivity contribution in [3.63, 3.8) is 0 Å². The first-order valence-electron chi connectivity index (χ1n) is 5.21. The second-order valence-electron chi connectivity index (χ2n) is 3.70.